The van der Waals surface area contributed by atoms with E-state index in [0.717, 1.165) is 6.07 Å². The maximum Gasteiger partial charge on any atom is 0.516 e. The molecule has 25 heavy (non-hydrogen) atoms. The number of benzene rings is 2. The fraction of sp³-hybridized carbons (Fsp3) is 0.200. The molecule has 0 atom stereocenters. The SMILES string of the molecule is Cc1c(Cl)ccc(N)c1-c1c(NS(=O)(=O)C(F)(F)F)ccc(Cl)c1C. The van der Waals surface area contributed by atoms with Crippen molar-refractivity contribution >= 4 is 44.6 Å². The third-order valence-corrected chi connectivity index (χ3v) is 5.55. The summed E-state index contributed by atoms with van der Waals surface area (Å²) < 4.78 is 62.8. The summed E-state index contributed by atoms with van der Waals surface area (Å²) in [7, 11) is -5.61. The summed E-state index contributed by atoms with van der Waals surface area (Å²) >= 11 is 12.1. The monoisotopic (exact) mass is 412 g/mol. The van der Waals surface area contributed by atoms with Gasteiger partial charge < -0.3 is 5.73 Å². The minimum Gasteiger partial charge on any atom is -0.398 e. The van der Waals surface area contributed by atoms with E-state index in [1.54, 1.807) is 18.6 Å². The second-order valence-electron chi connectivity index (χ2n) is 5.28. The first kappa shape index (κ1) is 19.7. The molecular formula is C15H13Cl2F3N2O2S. The van der Waals surface area contributed by atoms with Crippen LogP contribution in [-0.4, -0.2) is 13.9 Å². The Morgan fingerprint density at radius 1 is 0.960 bits per heavy atom. The van der Waals surface area contributed by atoms with E-state index >= 15 is 0 Å². The van der Waals surface area contributed by atoms with Gasteiger partial charge in [-0.25, -0.2) is 0 Å². The van der Waals surface area contributed by atoms with E-state index in [1.165, 1.54) is 18.2 Å². The highest BCUT2D eigenvalue weighted by Gasteiger charge is 2.46. The molecule has 0 aliphatic rings. The summed E-state index contributed by atoms with van der Waals surface area (Å²) in [6.07, 6.45) is 0. The number of hydrogen-bond donors (Lipinski definition) is 2. The Bertz CT molecular complexity index is 945. The Hall–Kier alpha value is -1.64. The number of halogens is 5. The van der Waals surface area contributed by atoms with Crippen molar-refractivity contribution in [2.45, 2.75) is 19.4 Å². The zero-order valence-corrected chi connectivity index (χ0v) is 15.3. The summed E-state index contributed by atoms with van der Waals surface area (Å²) in [6.45, 7) is 3.17. The highest BCUT2D eigenvalue weighted by Crippen LogP contribution is 2.43. The molecule has 0 saturated heterocycles. The molecule has 0 saturated carbocycles. The number of rotatable bonds is 3. The molecule has 0 spiro atoms. The number of alkyl halides is 3. The lowest BCUT2D eigenvalue weighted by Crippen LogP contribution is -2.30. The van der Waals surface area contributed by atoms with E-state index in [9.17, 15) is 21.6 Å². The zero-order valence-electron chi connectivity index (χ0n) is 13.0. The van der Waals surface area contributed by atoms with Gasteiger partial charge in [0.05, 0.1) is 5.69 Å². The Kier molecular flexibility index (Phi) is 5.18. The maximum atomic E-state index is 12.7. The standard InChI is InChI=1S/C15H13Cl2F3N2O2S/c1-7-9(16)3-5-11(21)13(7)14-8(2)10(17)4-6-12(14)22-25(23,24)15(18,19)20/h3-6,22H,21H2,1-2H3. The predicted molar refractivity (Wildman–Crippen MR) is 94.4 cm³/mol. The average Bonchev–Trinajstić information content (AvgIpc) is 2.48. The van der Waals surface area contributed by atoms with Crippen LogP contribution in [0, 0.1) is 13.8 Å². The number of nitrogen functional groups attached to an aromatic ring is 1. The van der Waals surface area contributed by atoms with Gasteiger partial charge in [-0.15, -0.1) is 0 Å². The van der Waals surface area contributed by atoms with Gasteiger partial charge in [0, 0.05) is 26.9 Å². The fourth-order valence-electron chi connectivity index (χ4n) is 2.34. The Balaban J connectivity index is 2.80. The van der Waals surface area contributed by atoms with E-state index in [1.807, 2.05) is 0 Å². The van der Waals surface area contributed by atoms with Crippen LogP contribution in [-0.2, 0) is 10.0 Å². The first-order valence-electron chi connectivity index (χ1n) is 6.80. The summed E-state index contributed by atoms with van der Waals surface area (Å²) in [5.41, 5.74) is 1.72. The van der Waals surface area contributed by atoms with Gasteiger partial charge in [-0.3, -0.25) is 4.72 Å². The first-order valence-corrected chi connectivity index (χ1v) is 9.04. The molecule has 0 aliphatic carbocycles. The van der Waals surface area contributed by atoms with E-state index < -0.39 is 15.5 Å². The Labute approximate surface area is 152 Å². The molecule has 2 aromatic carbocycles. The molecule has 0 aliphatic heterocycles. The number of nitrogens with two attached hydrogens (primary N) is 1. The molecule has 0 aromatic heterocycles. The lowest BCUT2D eigenvalue weighted by Gasteiger charge is -2.20. The number of hydrogen-bond acceptors (Lipinski definition) is 3. The lowest BCUT2D eigenvalue weighted by atomic mass is 9.93. The second-order valence-corrected chi connectivity index (χ2v) is 7.77. The molecule has 0 unspecified atom stereocenters. The largest absolute Gasteiger partial charge is 0.516 e. The molecule has 0 bridgehead atoms. The van der Waals surface area contributed by atoms with Crippen molar-refractivity contribution in [3.63, 3.8) is 0 Å². The second kappa shape index (κ2) is 6.59. The molecular weight excluding hydrogens is 400 g/mol. The van der Waals surface area contributed by atoms with Gasteiger partial charge in [0.1, 0.15) is 0 Å². The third kappa shape index (κ3) is 3.65. The molecule has 0 fully saturated rings. The Morgan fingerprint density at radius 3 is 1.96 bits per heavy atom. The molecule has 10 heteroatoms. The first-order chi connectivity index (χ1) is 11.4. The highest BCUT2D eigenvalue weighted by molar-refractivity contribution is 7.93. The van der Waals surface area contributed by atoms with E-state index in [0.29, 0.717) is 21.7 Å². The van der Waals surface area contributed by atoms with Crippen LogP contribution in [0.3, 0.4) is 0 Å². The van der Waals surface area contributed by atoms with Crippen molar-refractivity contribution < 1.29 is 21.6 Å². The summed E-state index contributed by atoms with van der Waals surface area (Å²) in [6, 6.07) is 5.46. The van der Waals surface area contributed by atoms with Crippen molar-refractivity contribution in [1.82, 2.24) is 0 Å². The van der Waals surface area contributed by atoms with Crippen molar-refractivity contribution in [2.75, 3.05) is 10.5 Å². The number of anilines is 2. The van der Waals surface area contributed by atoms with Crippen molar-refractivity contribution in [3.05, 3.63) is 45.4 Å². The molecule has 0 heterocycles. The van der Waals surface area contributed by atoms with Crippen LogP contribution >= 0.6 is 23.2 Å². The van der Waals surface area contributed by atoms with Gasteiger partial charge in [-0.05, 0) is 49.2 Å². The van der Waals surface area contributed by atoms with E-state index in [2.05, 4.69) is 0 Å². The number of nitrogens with one attached hydrogen (secondary N) is 1. The van der Waals surface area contributed by atoms with Crippen LogP contribution in [0.5, 0.6) is 0 Å². The zero-order chi connectivity index (χ0) is 19.2. The van der Waals surface area contributed by atoms with Gasteiger partial charge in [-0.1, -0.05) is 23.2 Å². The molecule has 2 rings (SSSR count). The lowest BCUT2D eigenvalue weighted by molar-refractivity contribution is -0.0429. The summed E-state index contributed by atoms with van der Waals surface area (Å²) in [4.78, 5) is 0. The van der Waals surface area contributed by atoms with Gasteiger partial charge >= 0.3 is 15.5 Å². The van der Waals surface area contributed by atoms with Gasteiger partial charge in [-0.2, -0.15) is 21.6 Å². The topological polar surface area (TPSA) is 72.2 Å². The molecule has 0 amide bonds. The van der Waals surface area contributed by atoms with Crippen LogP contribution in [0.15, 0.2) is 24.3 Å². The minimum absolute atomic E-state index is 0.137. The predicted octanol–water partition coefficient (Wildman–Crippen LogP) is 5.12. The van der Waals surface area contributed by atoms with Crippen LogP contribution < -0.4 is 10.5 Å². The fourth-order valence-corrected chi connectivity index (χ4v) is 3.23. The van der Waals surface area contributed by atoms with Gasteiger partial charge in [0.2, 0.25) is 0 Å². The van der Waals surface area contributed by atoms with Gasteiger partial charge in [0.25, 0.3) is 0 Å². The minimum atomic E-state index is -5.61. The quantitative estimate of drug-likeness (QED) is 0.686. The van der Waals surface area contributed by atoms with Crippen molar-refractivity contribution in [2.24, 2.45) is 0 Å². The summed E-state index contributed by atoms with van der Waals surface area (Å²) in [5.74, 6) is 0. The van der Waals surface area contributed by atoms with Crippen LogP contribution in [0.25, 0.3) is 11.1 Å². The smallest absolute Gasteiger partial charge is 0.398 e. The Morgan fingerprint density at radius 2 is 1.44 bits per heavy atom. The van der Waals surface area contributed by atoms with Crippen LogP contribution in [0.4, 0.5) is 24.5 Å². The van der Waals surface area contributed by atoms with Crippen LogP contribution in [0.1, 0.15) is 11.1 Å². The van der Waals surface area contributed by atoms with Crippen molar-refractivity contribution in [1.29, 1.82) is 0 Å². The van der Waals surface area contributed by atoms with E-state index in [-0.39, 0.29) is 22.0 Å². The molecule has 0 radical (unpaired) electrons. The highest BCUT2D eigenvalue weighted by atomic mass is 35.5. The van der Waals surface area contributed by atoms with E-state index in [4.69, 9.17) is 28.9 Å². The molecule has 2 aromatic rings. The third-order valence-electron chi connectivity index (χ3n) is 3.63. The van der Waals surface area contributed by atoms with Crippen molar-refractivity contribution in [3.8, 4) is 11.1 Å². The van der Waals surface area contributed by atoms with Gasteiger partial charge in [0.15, 0.2) is 0 Å². The maximum absolute atomic E-state index is 12.7. The number of sulfonamides is 1. The average molecular weight is 413 g/mol. The molecule has 4 nitrogen and oxygen atoms in total. The molecule has 136 valence electrons. The summed E-state index contributed by atoms with van der Waals surface area (Å²) in [5, 5.41) is 0.567. The van der Waals surface area contributed by atoms with Crippen LogP contribution in [0.2, 0.25) is 10.0 Å². The normalized spacial score (nSPS) is 12.3. The molecule has 3 N–H and O–H groups in total.